The first-order valence-electron chi connectivity index (χ1n) is 8.17. The third kappa shape index (κ3) is 4.39. The van der Waals surface area contributed by atoms with E-state index in [4.69, 9.17) is 16.3 Å². The number of hydrogen-bond donors (Lipinski definition) is 1. The highest BCUT2D eigenvalue weighted by Crippen LogP contribution is 2.24. The van der Waals surface area contributed by atoms with E-state index < -0.39 is 0 Å². The van der Waals surface area contributed by atoms with Crippen molar-refractivity contribution in [1.82, 2.24) is 14.7 Å². The maximum atomic E-state index is 12.4. The van der Waals surface area contributed by atoms with Gasteiger partial charge in [0, 0.05) is 35.3 Å². The molecule has 1 amide bonds. The minimum Gasteiger partial charge on any atom is -0.379 e. The molecule has 0 saturated carbocycles. The van der Waals surface area contributed by atoms with Gasteiger partial charge in [-0.05, 0) is 32.4 Å². The number of aromatic nitrogens is 2. The van der Waals surface area contributed by atoms with Crippen molar-refractivity contribution in [2.45, 2.75) is 26.4 Å². The lowest BCUT2D eigenvalue weighted by molar-refractivity contribution is 0.0756. The van der Waals surface area contributed by atoms with Crippen molar-refractivity contribution in [3.8, 4) is 11.3 Å². The molecule has 0 spiro atoms. The van der Waals surface area contributed by atoms with Crippen LogP contribution in [0.4, 0.5) is 0 Å². The normalized spacial score (nSPS) is 11.4. The highest BCUT2D eigenvalue weighted by atomic mass is 35.5. The van der Waals surface area contributed by atoms with Gasteiger partial charge in [0.2, 0.25) is 0 Å². The number of fused-ring (bicyclic) bond motifs is 1. The summed E-state index contributed by atoms with van der Waals surface area (Å²) in [4.78, 5) is 17.8. The monoisotopic (exact) mass is 377 g/mol. The van der Waals surface area contributed by atoms with Gasteiger partial charge in [0.15, 0.2) is 4.96 Å². The third-order valence-electron chi connectivity index (χ3n) is 3.64. The van der Waals surface area contributed by atoms with E-state index in [9.17, 15) is 4.79 Å². The number of imidazole rings is 1. The molecular formula is C18H20ClN3O2S. The number of halogens is 1. The highest BCUT2D eigenvalue weighted by Gasteiger charge is 2.14. The molecule has 0 atom stereocenters. The van der Waals surface area contributed by atoms with E-state index in [-0.39, 0.29) is 12.0 Å². The van der Waals surface area contributed by atoms with Gasteiger partial charge in [-0.3, -0.25) is 9.20 Å². The zero-order valence-electron chi connectivity index (χ0n) is 14.2. The van der Waals surface area contributed by atoms with Crippen LogP contribution in [0.2, 0.25) is 5.02 Å². The Morgan fingerprint density at radius 1 is 1.36 bits per heavy atom. The Morgan fingerprint density at radius 2 is 2.12 bits per heavy atom. The van der Waals surface area contributed by atoms with Crippen LogP contribution >= 0.6 is 22.9 Å². The Labute approximate surface area is 155 Å². The van der Waals surface area contributed by atoms with Gasteiger partial charge in [-0.25, -0.2) is 4.98 Å². The molecule has 132 valence electrons. The predicted octanol–water partition coefficient (Wildman–Crippen LogP) is 4.26. The lowest BCUT2D eigenvalue weighted by Gasteiger charge is -2.07. The molecule has 3 aromatic rings. The Kier molecular flexibility index (Phi) is 5.73. The fraction of sp³-hybridized carbons (Fsp3) is 0.333. The number of rotatable bonds is 7. The summed E-state index contributed by atoms with van der Waals surface area (Å²) in [5, 5.41) is 5.44. The molecule has 0 bridgehead atoms. The van der Waals surface area contributed by atoms with Crippen LogP contribution in [0.25, 0.3) is 16.2 Å². The van der Waals surface area contributed by atoms with Crippen molar-refractivity contribution in [2.24, 2.45) is 0 Å². The van der Waals surface area contributed by atoms with Crippen molar-refractivity contribution in [3.63, 3.8) is 0 Å². The van der Waals surface area contributed by atoms with Crippen LogP contribution in [0.3, 0.4) is 0 Å². The van der Waals surface area contributed by atoms with Crippen molar-refractivity contribution in [2.75, 3.05) is 13.2 Å². The van der Waals surface area contributed by atoms with E-state index in [0.29, 0.717) is 23.9 Å². The zero-order valence-corrected chi connectivity index (χ0v) is 15.7. The van der Waals surface area contributed by atoms with Gasteiger partial charge in [-0.15, -0.1) is 11.3 Å². The second-order valence-corrected chi connectivity index (χ2v) is 7.21. The predicted molar refractivity (Wildman–Crippen MR) is 102 cm³/mol. The molecule has 0 saturated heterocycles. The van der Waals surface area contributed by atoms with Crippen LogP contribution < -0.4 is 5.32 Å². The molecule has 0 aliphatic rings. The van der Waals surface area contributed by atoms with Crippen molar-refractivity contribution < 1.29 is 9.53 Å². The zero-order chi connectivity index (χ0) is 17.8. The number of nitrogens with zero attached hydrogens (tertiary/aromatic N) is 2. The summed E-state index contributed by atoms with van der Waals surface area (Å²) >= 11 is 7.38. The molecule has 2 heterocycles. The summed E-state index contributed by atoms with van der Waals surface area (Å²) in [7, 11) is 0. The van der Waals surface area contributed by atoms with Crippen molar-refractivity contribution >= 4 is 33.8 Å². The van der Waals surface area contributed by atoms with Crippen LogP contribution in [0.1, 0.15) is 30.8 Å². The van der Waals surface area contributed by atoms with Crippen molar-refractivity contribution in [1.29, 1.82) is 0 Å². The Bertz CT molecular complexity index is 855. The van der Waals surface area contributed by atoms with E-state index in [1.54, 1.807) is 0 Å². The fourth-order valence-electron chi connectivity index (χ4n) is 2.39. The van der Waals surface area contributed by atoms with Gasteiger partial charge in [-0.1, -0.05) is 23.7 Å². The number of carbonyl (C=O) groups is 1. The van der Waals surface area contributed by atoms with E-state index >= 15 is 0 Å². The molecule has 1 aromatic carbocycles. The Hall–Kier alpha value is -1.89. The topological polar surface area (TPSA) is 55.6 Å². The SMILES string of the molecule is CC(C)OCCCNC(=O)c1csc2nc(-c3ccc(Cl)cc3)cn12. The summed E-state index contributed by atoms with van der Waals surface area (Å²) < 4.78 is 7.30. The molecule has 0 aliphatic heterocycles. The molecule has 2 aromatic heterocycles. The third-order valence-corrected chi connectivity index (χ3v) is 4.73. The maximum absolute atomic E-state index is 12.4. The van der Waals surface area contributed by atoms with E-state index in [2.05, 4.69) is 10.3 Å². The van der Waals surface area contributed by atoms with Crippen LogP contribution in [-0.4, -0.2) is 34.5 Å². The molecule has 0 fully saturated rings. The van der Waals surface area contributed by atoms with Gasteiger partial charge >= 0.3 is 0 Å². The van der Waals surface area contributed by atoms with Crippen molar-refractivity contribution in [3.05, 3.63) is 46.6 Å². The van der Waals surface area contributed by atoms with E-state index in [1.807, 2.05) is 54.1 Å². The minimum absolute atomic E-state index is 0.101. The molecule has 25 heavy (non-hydrogen) atoms. The number of carbonyl (C=O) groups excluding carboxylic acids is 1. The molecule has 0 unspecified atom stereocenters. The smallest absolute Gasteiger partial charge is 0.269 e. The summed E-state index contributed by atoms with van der Waals surface area (Å²) in [5.41, 5.74) is 2.39. The molecule has 3 rings (SSSR count). The van der Waals surface area contributed by atoms with Gasteiger partial charge in [0.05, 0.1) is 11.8 Å². The second-order valence-electron chi connectivity index (χ2n) is 5.94. The van der Waals surface area contributed by atoms with Gasteiger partial charge in [0.1, 0.15) is 5.69 Å². The lowest BCUT2D eigenvalue weighted by atomic mass is 10.2. The molecule has 0 radical (unpaired) electrons. The summed E-state index contributed by atoms with van der Waals surface area (Å²) in [6.45, 7) is 5.22. The van der Waals surface area contributed by atoms with Gasteiger partial charge in [-0.2, -0.15) is 0 Å². The fourth-order valence-corrected chi connectivity index (χ4v) is 3.37. The number of ether oxygens (including phenoxy) is 1. The summed E-state index contributed by atoms with van der Waals surface area (Å²) in [6.07, 6.45) is 2.88. The largest absolute Gasteiger partial charge is 0.379 e. The maximum Gasteiger partial charge on any atom is 0.269 e. The molecule has 1 N–H and O–H groups in total. The lowest BCUT2D eigenvalue weighted by Crippen LogP contribution is -2.26. The van der Waals surface area contributed by atoms with Crippen LogP contribution in [0.15, 0.2) is 35.8 Å². The summed E-state index contributed by atoms with van der Waals surface area (Å²) in [6, 6.07) is 7.50. The molecule has 5 nitrogen and oxygen atoms in total. The Morgan fingerprint density at radius 3 is 2.84 bits per heavy atom. The van der Waals surface area contributed by atoms with Crippen LogP contribution in [0.5, 0.6) is 0 Å². The average Bonchev–Trinajstić information content (AvgIpc) is 3.15. The second kappa shape index (κ2) is 7.99. The number of hydrogen-bond acceptors (Lipinski definition) is 4. The quantitative estimate of drug-likeness (QED) is 0.626. The molecule has 0 aliphatic carbocycles. The van der Waals surface area contributed by atoms with Crippen LogP contribution in [0, 0.1) is 0 Å². The Balaban J connectivity index is 1.68. The van der Waals surface area contributed by atoms with E-state index in [1.165, 1.54) is 11.3 Å². The average molecular weight is 378 g/mol. The minimum atomic E-state index is -0.101. The van der Waals surface area contributed by atoms with Gasteiger partial charge in [0.25, 0.3) is 5.91 Å². The first-order chi connectivity index (χ1) is 12.0. The van der Waals surface area contributed by atoms with E-state index in [0.717, 1.165) is 22.6 Å². The number of thiazole rings is 1. The number of nitrogens with one attached hydrogen (secondary N) is 1. The number of benzene rings is 1. The first kappa shape index (κ1) is 17.9. The summed E-state index contributed by atoms with van der Waals surface area (Å²) in [5.74, 6) is -0.101. The number of amides is 1. The highest BCUT2D eigenvalue weighted by molar-refractivity contribution is 7.15. The molecular weight excluding hydrogens is 358 g/mol. The molecule has 7 heteroatoms. The standard InChI is InChI=1S/C18H20ClN3O2S/c1-12(2)24-9-3-8-20-17(23)16-11-25-18-21-15(10-22(16)18)13-4-6-14(19)7-5-13/h4-7,10-12H,3,8-9H2,1-2H3,(H,20,23). The first-order valence-corrected chi connectivity index (χ1v) is 9.42. The van der Waals surface area contributed by atoms with Crippen LogP contribution in [-0.2, 0) is 4.74 Å². The van der Waals surface area contributed by atoms with Gasteiger partial charge < -0.3 is 10.1 Å².